The van der Waals surface area contributed by atoms with Gasteiger partial charge in [-0.1, -0.05) is 0 Å². The molecule has 0 aliphatic heterocycles. The van der Waals surface area contributed by atoms with Crippen molar-refractivity contribution >= 4 is 34.4 Å². The van der Waals surface area contributed by atoms with Crippen molar-refractivity contribution in [2.75, 3.05) is 18.0 Å². The number of azo groups is 2. The molecule has 8 nitrogen and oxygen atoms in total. The molecule has 0 bridgehead atoms. The Balaban J connectivity index is 1.36. The van der Waals surface area contributed by atoms with Crippen molar-refractivity contribution in [3.05, 3.63) is 108 Å². The normalized spacial score (nSPS) is 11.0. The van der Waals surface area contributed by atoms with E-state index in [-0.39, 0.29) is 0 Å². The summed E-state index contributed by atoms with van der Waals surface area (Å²) in [5, 5.41) is 26.2. The molecule has 0 aromatic heterocycles. The lowest BCUT2D eigenvalue weighted by molar-refractivity contribution is 0.0735. The summed E-state index contributed by atoms with van der Waals surface area (Å²) < 4.78 is 5.35. The van der Waals surface area contributed by atoms with Crippen molar-refractivity contribution in [2.24, 2.45) is 20.5 Å². The number of hydrogen-bond donors (Lipinski definition) is 0. The molecule has 4 rings (SSSR count). The van der Waals surface area contributed by atoms with Crippen LogP contribution >= 0.6 is 0 Å². The van der Waals surface area contributed by atoms with E-state index in [0.717, 1.165) is 30.0 Å². The van der Waals surface area contributed by atoms with Crippen LogP contribution in [0.5, 0.6) is 5.75 Å². The second-order valence-electron chi connectivity index (χ2n) is 8.63. The van der Waals surface area contributed by atoms with Crippen LogP contribution in [-0.2, 0) is 0 Å². The molecule has 0 N–H and O–H groups in total. The summed E-state index contributed by atoms with van der Waals surface area (Å²) >= 11 is 0. The number of esters is 1. The zero-order valence-electron chi connectivity index (χ0n) is 22.1. The fraction of sp³-hybridized carbons (Fsp3) is 0.161. The quantitative estimate of drug-likeness (QED) is 0.126. The van der Waals surface area contributed by atoms with Crippen LogP contribution in [0.15, 0.2) is 111 Å². The Morgan fingerprint density at radius 1 is 0.769 bits per heavy atom. The number of ether oxygens (including phenoxy) is 1. The monoisotopic (exact) mass is 516 g/mol. The van der Waals surface area contributed by atoms with E-state index in [9.17, 15) is 4.79 Å². The van der Waals surface area contributed by atoms with Gasteiger partial charge in [-0.05, 0) is 117 Å². The summed E-state index contributed by atoms with van der Waals surface area (Å²) in [7, 11) is 0. The van der Waals surface area contributed by atoms with E-state index >= 15 is 0 Å². The topological polar surface area (TPSA) is 103 Å². The van der Waals surface area contributed by atoms with Crippen molar-refractivity contribution in [1.82, 2.24) is 0 Å². The minimum absolute atomic E-state index is 0.370. The predicted octanol–water partition coefficient (Wildman–Crippen LogP) is 8.76. The summed E-state index contributed by atoms with van der Waals surface area (Å²) in [6.45, 7) is 8.13. The second-order valence-corrected chi connectivity index (χ2v) is 8.63. The first kappa shape index (κ1) is 26.9. The first-order valence-electron chi connectivity index (χ1n) is 12.6. The molecule has 0 saturated carbocycles. The van der Waals surface area contributed by atoms with Crippen LogP contribution in [0.1, 0.15) is 35.3 Å². The van der Waals surface area contributed by atoms with Gasteiger partial charge in [-0.2, -0.15) is 25.7 Å². The molecule has 0 radical (unpaired) electrons. The minimum atomic E-state index is -0.497. The standard InChI is InChI=1S/C31H28N6O2/c1-4-37(5-2)28-15-12-26(13-16-28)33-35-27-14-19-30(22(3)20-27)36-34-25-10-8-24(9-11-25)31(38)39-29-17-6-23(21-32)7-18-29/h6-20H,4-5H2,1-3H3. The Hall–Kier alpha value is -5.16. The van der Waals surface area contributed by atoms with Gasteiger partial charge in [-0.3, -0.25) is 0 Å². The number of hydrogen-bond acceptors (Lipinski definition) is 8. The van der Waals surface area contributed by atoms with E-state index < -0.39 is 5.97 Å². The van der Waals surface area contributed by atoms with Crippen molar-refractivity contribution < 1.29 is 9.53 Å². The molecule has 8 heteroatoms. The molecule has 0 saturated heterocycles. The molecule has 0 aliphatic carbocycles. The molecule has 0 amide bonds. The minimum Gasteiger partial charge on any atom is -0.423 e. The van der Waals surface area contributed by atoms with Crippen LogP contribution in [0, 0.1) is 18.3 Å². The van der Waals surface area contributed by atoms with E-state index in [1.165, 1.54) is 5.69 Å². The largest absolute Gasteiger partial charge is 0.423 e. The van der Waals surface area contributed by atoms with Crippen LogP contribution < -0.4 is 9.64 Å². The average Bonchev–Trinajstić information content (AvgIpc) is 2.97. The number of anilines is 1. The van der Waals surface area contributed by atoms with E-state index in [0.29, 0.717) is 28.3 Å². The average molecular weight is 517 g/mol. The first-order chi connectivity index (χ1) is 19.0. The molecule has 0 spiro atoms. The Morgan fingerprint density at radius 3 is 1.92 bits per heavy atom. The zero-order valence-corrected chi connectivity index (χ0v) is 22.1. The summed E-state index contributed by atoms with van der Waals surface area (Å²) in [5.41, 5.74) is 5.78. The number of nitriles is 1. The Labute approximate surface area is 227 Å². The molecule has 0 atom stereocenters. The van der Waals surface area contributed by atoms with Gasteiger partial charge in [0.15, 0.2) is 0 Å². The molecular weight excluding hydrogens is 488 g/mol. The smallest absolute Gasteiger partial charge is 0.343 e. The van der Waals surface area contributed by atoms with Crippen LogP contribution in [-0.4, -0.2) is 19.1 Å². The molecule has 4 aromatic rings. The van der Waals surface area contributed by atoms with Gasteiger partial charge in [0.1, 0.15) is 5.75 Å². The second kappa shape index (κ2) is 12.9. The van der Waals surface area contributed by atoms with E-state index in [4.69, 9.17) is 10.00 Å². The number of carbonyl (C=O) groups excluding carboxylic acids is 1. The number of carbonyl (C=O) groups is 1. The molecule has 4 aromatic carbocycles. The van der Waals surface area contributed by atoms with Gasteiger partial charge in [-0.15, -0.1) is 0 Å². The molecule has 0 fully saturated rings. The third kappa shape index (κ3) is 7.21. The van der Waals surface area contributed by atoms with Gasteiger partial charge in [-0.25, -0.2) is 4.79 Å². The Morgan fingerprint density at radius 2 is 1.33 bits per heavy atom. The molecular formula is C31H28N6O2. The van der Waals surface area contributed by atoms with Gasteiger partial charge < -0.3 is 9.64 Å². The van der Waals surface area contributed by atoms with E-state index in [2.05, 4.69) is 51.3 Å². The summed E-state index contributed by atoms with van der Waals surface area (Å²) in [6, 6.07) is 28.7. The van der Waals surface area contributed by atoms with Gasteiger partial charge >= 0.3 is 5.97 Å². The Bertz CT molecular complexity index is 1520. The van der Waals surface area contributed by atoms with Gasteiger partial charge in [0.25, 0.3) is 0 Å². The van der Waals surface area contributed by atoms with Crippen LogP contribution in [0.2, 0.25) is 0 Å². The van der Waals surface area contributed by atoms with Crippen molar-refractivity contribution in [3.63, 3.8) is 0 Å². The zero-order chi connectivity index (χ0) is 27.6. The highest BCUT2D eigenvalue weighted by Gasteiger charge is 2.09. The molecule has 0 unspecified atom stereocenters. The third-order valence-electron chi connectivity index (χ3n) is 6.01. The van der Waals surface area contributed by atoms with Crippen molar-refractivity contribution in [2.45, 2.75) is 20.8 Å². The first-order valence-corrected chi connectivity index (χ1v) is 12.6. The summed E-state index contributed by atoms with van der Waals surface area (Å²) in [5.74, 6) is -0.127. The Kier molecular flexibility index (Phi) is 8.88. The highest BCUT2D eigenvalue weighted by molar-refractivity contribution is 5.91. The molecule has 39 heavy (non-hydrogen) atoms. The lowest BCUT2D eigenvalue weighted by Crippen LogP contribution is -2.21. The van der Waals surface area contributed by atoms with Gasteiger partial charge in [0, 0.05) is 18.8 Å². The van der Waals surface area contributed by atoms with Crippen molar-refractivity contribution in [3.8, 4) is 11.8 Å². The highest BCUT2D eigenvalue weighted by Crippen LogP contribution is 2.28. The van der Waals surface area contributed by atoms with E-state index in [1.807, 2.05) is 43.3 Å². The summed E-state index contributed by atoms with van der Waals surface area (Å²) in [4.78, 5) is 14.7. The van der Waals surface area contributed by atoms with Crippen LogP contribution in [0.4, 0.5) is 28.4 Å². The fourth-order valence-electron chi connectivity index (χ4n) is 3.79. The lowest BCUT2D eigenvalue weighted by atomic mass is 10.2. The third-order valence-corrected chi connectivity index (χ3v) is 6.01. The van der Waals surface area contributed by atoms with Gasteiger partial charge in [0.05, 0.1) is 39.9 Å². The van der Waals surface area contributed by atoms with Crippen LogP contribution in [0.3, 0.4) is 0 Å². The SMILES string of the molecule is CCN(CC)c1ccc(N=Nc2ccc(N=Nc3ccc(C(=O)Oc4ccc(C#N)cc4)cc3)c(C)c2)cc1. The maximum absolute atomic E-state index is 12.4. The van der Waals surface area contributed by atoms with Crippen LogP contribution in [0.25, 0.3) is 0 Å². The fourth-order valence-corrected chi connectivity index (χ4v) is 3.79. The van der Waals surface area contributed by atoms with E-state index in [1.54, 1.807) is 48.5 Å². The number of rotatable bonds is 9. The lowest BCUT2D eigenvalue weighted by Gasteiger charge is -2.20. The molecule has 0 heterocycles. The van der Waals surface area contributed by atoms with Crippen molar-refractivity contribution in [1.29, 1.82) is 5.26 Å². The number of benzene rings is 4. The number of aryl methyl sites for hydroxylation is 1. The maximum atomic E-state index is 12.4. The van der Waals surface area contributed by atoms with Gasteiger partial charge in [0.2, 0.25) is 0 Å². The molecule has 194 valence electrons. The summed E-state index contributed by atoms with van der Waals surface area (Å²) in [6.07, 6.45) is 0. The predicted molar refractivity (Wildman–Crippen MR) is 152 cm³/mol. The highest BCUT2D eigenvalue weighted by atomic mass is 16.5. The number of nitrogens with zero attached hydrogens (tertiary/aromatic N) is 6. The molecule has 0 aliphatic rings. The maximum Gasteiger partial charge on any atom is 0.343 e.